The number of aliphatic hydroxyl groups is 1. The molecule has 1 aliphatic heterocycles. The van der Waals surface area contributed by atoms with Gasteiger partial charge in [-0.3, -0.25) is 0 Å². The molecule has 1 saturated heterocycles. The predicted octanol–water partition coefficient (Wildman–Crippen LogP) is 2.82. The van der Waals surface area contributed by atoms with Crippen LogP contribution < -0.4 is 15.4 Å². The minimum Gasteiger partial charge on any atom is -0.495 e. The van der Waals surface area contributed by atoms with Crippen molar-refractivity contribution < 1.29 is 19.3 Å². The molecule has 0 aliphatic carbocycles. The van der Waals surface area contributed by atoms with Crippen LogP contribution in [-0.2, 0) is 15.9 Å². The third-order valence-electron chi connectivity index (χ3n) is 5.27. The molecule has 26 heavy (non-hydrogen) atoms. The van der Waals surface area contributed by atoms with Crippen molar-refractivity contribution in [3.63, 3.8) is 0 Å². The van der Waals surface area contributed by atoms with Gasteiger partial charge in [0.25, 0.3) is 0 Å². The van der Waals surface area contributed by atoms with E-state index in [1.165, 1.54) is 11.3 Å². The van der Waals surface area contributed by atoms with Gasteiger partial charge >= 0.3 is 0 Å². The molecule has 6 heteroatoms. The third kappa shape index (κ3) is 5.25. The van der Waals surface area contributed by atoms with Gasteiger partial charge < -0.3 is 30.0 Å². The summed E-state index contributed by atoms with van der Waals surface area (Å²) >= 11 is 0. The van der Waals surface area contributed by atoms with E-state index in [0.29, 0.717) is 11.6 Å². The van der Waals surface area contributed by atoms with Crippen molar-refractivity contribution in [3.05, 3.63) is 17.7 Å². The van der Waals surface area contributed by atoms with Gasteiger partial charge in [-0.1, -0.05) is 6.42 Å². The number of nitrogens with zero attached hydrogens (tertiary/aromatic N) is 1. The Labute approximate surface area is 157 Å². The topological polar surface area (TPSA) is 77.2 Å². The lowest BCUT2D eigenvalue weighted by Crippen LogP contribution is -2.39. The number of benzene rings is 1. The van der Waals surface area contributed by atoms with E-state index in [9.17, 15) is 0 Å². The van der Waals surface area contributed by atoms with Crippen LogP contribution in [0.2, 0.25) is 0 Å². The SMILES string of the molecule is COc1cc(N2CCC(C(OC)OC)CC2)c(CCCCCO)cc1N. The number of rotatable bonds is 10. The lowest BCUT2D eigenvalue weighted by molar-refractivity contribution is -0.141. The van der Waals surface area contributed by atoms with E-state index < -0.39 is 0 Å². The maximum Gasteiger partial charge on any atom is 0.159 e. The summed E-state index contributed by atoms with van der Waals surface area (Å²) in [7, 11) is 5.07. The Bertz CT molecular complexity index is 541. The third-order valence-corrected chi connectivity index (χ3v) is 5.27. The van der Waals surface area contributed by atoms with Crippen LogP contribution in [0.1, 0.15) is 37.7 Å². The van der Waals surface area contributed by atoms with Gasteiger partial charge in [0, 0.05) is 51.6 Å². The molecule has 3 N–H and O–H groups in total. The predicted molar refractivity (Wildman–Crippen MR) is 105 cm³/mol. The first-order valence-electron chi connectivity index (χ1n) is 9.52. The van der Waals surface area contributed by atoms with Crippen molar-refractivity contribution in [2.45, 2.75) is 44.8 Å². The standard InChI is InChI=1S/C20H34N2O4/c1-24-19-14-18(16(13-17(19)21)7-5-4-6-12-23)22-10-8-15(9-11-22)20(25-2)26-3/h13-15,20,23H,4-12,21H2,1-3H3. The number of ether oxygens (including phenoxy) is 3. The molecule has 0 radical (unpaired) electrons. The number of methoxy groups -OCH3 is 3. The maximum absolute atomic E-state index is 8.98. The van der Waals surface area contributed by atoms with Gasteiger partial charge in [0.1, 0.15) is 5.75 Å². The van der Waals surface area contributed by atoms with E-state index in [1.807, 2.05) is 6.07 Å². The van der Waals surface area contributed by atoms with Crippen LogP contribution in [0, 0.1) is 5.92 Å². The van der Waals surface area contributed by atoms with Gasteiger partial charge in [0.2, 0.25) is 0 Å². The number of hydrogen-bond donors (Lipinski definition) is 2. The number of aliphatic hydroxyl groups excluding tert-OH is 1. The highest BCUT2D eigenvalue weighted by Gasteiger charge is 2.27. The maximum atomic E-state index is 8.98. The van der Waals surface area contributed by atoms with Crippen molar-refractivity contribution in [1.82, 2.24) is 0 Å². The molecule has 0 bridgehead atoms. The Morgan fingerprint density at radius 3 is 2.38 bits per heavy atom. The van der Waals surface area contributed by atoms with Gasteiger partial charge in [-0.2, -0.15) is 0 Å². The minimum atomic E-state index is -0.129. The fourth-order valence-electron chi connectivity index (χ4n) is 3.80. The number of aryl methyl sites for hydroxylation is 1. The lowest BCUT2D eigenvalue weighted by atomic mass is 9.94. The summed E-state index contributed by atoms with van der Waals surface area (Å²) in [5.74, 6) is 1.15. The second kappa shape index (κ2) is 10.6. The zero-order valence-electron chi connectivity index (χ0n) is 16.4. The van der Waals surface area contributed by atoms with Crippen molar-refractivity contribution >= 4 is 11.4 Å². The molecule has 0 aromatic heterocycles. The number of unbranched alkanes of at least 4 members (excludes halogenated alkanes) is 2. The second-order valence-electron chi connectivity index (χ2n) is 6.92. The summed E-state index contributed by atoms with van der Waals surface area (Å²) in [4.78, 5) is 2.42. The molecule has 6 nitrogen and oxygen atoms in total. The molecular weight excluding hydrogens is 332 g/mol. The number of nitrogen functional groups attached to an aromatic ring is 1. The van der Waals surface area contributed by atoms with Gasteiger partial charge in [-0.15, -0.1) is 0 Å². The van der Waals surface area contributed by atoms with Crippen molar-refractivity contribution in [2.24, 2.45) is 5.92 Å². The second-order valence-corrected chi connectivity index (χ2v) is 6.92. The van der Waals surface area contributed by atoms with Crippen LogP contribution in [0.4, 0.5) is 11.4 Å². The quantitative estimate of drug-likeness (QED) is 0.377. The van der Waals surface area contributed by atoms with E-state index in [1.54, 1.807) is 21.3 Å². The number of anilines is 2. The number of piperidine rings is 1. The Kier molecular flexibility index (Phi) is 8.48. The van der Waals surface area contributed by atoms with Crippen LogP contribution in [0.5, 0.6) is 5.75 Å². The Morgan fingerprint density at radius 2 is 1.81 bits per heavy atom. The normalized spacial score (nSPS) is 15.7. The molecule has 148 valence electrons. The van der Waals surface area contributed by atoms with E-state index >= 15 is 0 Å². The summed E-state index contributed by atoms with van der Waals surface area (Å²) < 4.78 is 16.3. The molecule has 1 aromatic carbocycles. The van der Waals surface area contributed by atoms with Gasteiger partial charge in [-0.05, 0) is 43.7 Å². The van der Waals surface area contributed by atoms with Crippen molar-refractivity contribution in [3.8, 4) is 5.75 Å². The van der Waals surface area contributed by atoms with Crippen LogP contribution in [0.3, 0.4) is 0 Å². The zero-order valence-corrected chi connectivity index (χ0v) is 16.4. The average Bonchev–Trinajstić information content (AvgIpc) is 2.67. The van der Waals surface area contributed by atoms with Crippen LogP contribution in [0.15, 0.2) is 12.1 Å². The summed E-state index contributed by atoms with van der Waals surface area (Å²) in [5, 5.41) is 8.98. The Morgan fingerprint density at radius 1 is 1.12 bits per heavy atom. The first kappa shape index (κ1) is 20.8. The molecule has 0 atom stereocenters. The van der Waals surface area contributed by atoms with Gasteiger partial charge in [0.15, 0.2) is 6.29 Å². The molecule has 1 aromatic rings. The molecule has 0 saturated carbocycles. The first-order valence-corrected chi connectivity index (χ1v) is 9.52. The minimum absolute atomic E-state index is 0.129. The van der Waals surface area contributed by atoms with Crippen molar-refractivity contribution in [2.75, 3.05) is 51.7 Å². The van der Waals surface area contributed by atoms with Crippen molar-refractivity contribution in [1.29, 1.82) is 0 Å². The molecule has 1 aliphatic rings. The number of nitrogens with two attached hydrogens (primary N) is 1. The highest BCUT2D eigenvalue weighted by molar-refractivity contribution is 5.67. The molecule has 1 fully saturated rings. The Hall–Kier alpha value is -1.50. The molecule has 2 rings (SSSR count). The summed E-state index contributed by atoms with van der Waals surface area (Å²) in [6, 6.07) is 4.12. The zero-order chi connectivity index (χ0) is 18.9. The lowest BCUT2D eigenvalue weighted by Gasteiger charge is -2.37. The van der Waals surface area contributed by atoms with E-state index in [2.05, 4.69) is 11.0 Å². The highest BCUT2D eigenvalue weighted by Crippen LogP contribution is 2.35. The summed E-state index contributed by atoms with van der Waals surface area (Å²) in [6.07, 6.45) is 5.81. The molecular formula is C20H34N2O4. The first-order chi connectivity index (χ1) is 12.6. The van der Waals surface area contributed by atoms with E-state index in [0.717, 1.165) is 57.4 Å². The summed E-state index contributed by atoms with van der Waals surface area (Å²) in [5.41, 5.74) is 9.30. The van der Waals surface area contributed by atoms with Gasteiger partial charge in [0.05, 0.1) is 12.8 Å². The molecule has 0 spiro atoms. The molecule has 0 unspecified atom stereocenters. The largest absolute Gasteiger partial charge is 0.495 e. The van der Waals surface area contributed by atoms with Crippen LogP contribution in [-0.4, -0.2) is 52.4 Å². The fourth-order valence-corrected chi connectivity index (χ4v) is 3.80. The summed E-state index contributed by atoms with van der Waals surface area (Å²) in [6.45, 7) is 2.18. The molecule has 1 heterocycles. The van der Waals surface area contributed by atoms with Crippen LogP contribution >= 0.6 is 0 Å². The fraction of sp³-hybridized carbons (Fsp3) is 0.700. The average molecular weight is 367 g/mol. The monoisotopic (exact) mass is 366 g/mol. The van der Waals surface area contributed by atoms with E-state index in [4.69, 9.17) is 25.1 Å². The Balaban J connectivity index is 2.11. The smallest absolute Gasteiger partial charge is 0.159 e. The van der Waals surface area contributed by atoms with Crippen LogP contribution in [0.25, 0.3) is 0 Å². The van der Waals surface area contributed by atoms with E-state index in [-0.39, 0.29) is 12.9 Å². The number of hydrogen-bond acceptors (Lipinski definition) is 6. The highest BCUT2D eigenvalue weighted by atomic mass is 16.7. The van der Waals surface area contributed by atoms with Gasteiger partial charge in [-0.25, -0.2) is 0 Å². The molecule has 0 amide bonds.